The summed E-state index contributed by atoms with van der Waals surface area (Å²) in [6, 6.07) is 1.70. The predicted octanol–water partition coefficient (Wildman–Crippen LogP) is 2.64. The van der Waals surface area contributed by atoms with Crippen LogP contribution in [0.15, 0.2) is 23.5 Å². The molecule has 1 aromatic rings. The Morgan fingerprint density at radius 2 is 2.50 bits per heavy atom. The van der Waals surface area contributed by atoms with Crippen LogP contribution in [0.2, 0.25) is 5.15 Å². The third-order valence-corrected chi connectivity index (χ3v) is 1.76. The van der Waals surface area contributed by atoms with Crippen LogP contribution in [0.5, 0.6) is 0 Å². The van der Waals surface area contributed by atoms with Crippen molar-refractivity contribution in [3.63, 3.8) is 0 Å². The average molecular weight is 210 g/mol. The number of pyridine rings is 1. The molecule has 0 saturated heterocycles. The third kappa shape index (κ3) is 2.97. The van der Waals surface area contributed by atoms with Crippen molar-refractivity contribution in [3.05, 3.63) is 39.5 Å². The second-order valence-corrected chi connectivity index (χ2v) is 2.82. The van der Waals surface area contributed by atoms with Gasteiger partial charge in [-0.2, -0.15) is 0 Å². The molecule has 0 spiro atoms. The molecule has 0 saturated carbocycles. The number of aromatic nitrogens is 1. The molecule has 0 fully saturated rings. The number of hydrogen-bond donors (Lipinski definition) is 1. The lowest BCUT2D eigenvalue weighted by Crippen LogP contribution is -1.89. The molecule has 2 N–H and O–H groups in total. The molecule has 0 radical (unpaired) electrons. The maximum atomic E-state index is 8.02. The van der Waals surface area contributed by atoms with Gasteiger partial charge in [0.2, 0.25) is 0 Å². The number of azide groups is 1. The van der Waals surface area contributed by atoms with E-state index in [1.165, 1.54) is 0 Å². The Kier molecular flexibility index (Phi) is 3.79. The van der Waals surface area contributed by atoms with E-state index in [-0.39, 0.29) is 5.15 Å². The van der Waals surface area contributed by atoms with E-state index < -0.39 is 0 Å². The monoisotopic (exact) mass is 209 g/mol. The molecular formula is C8H8ClN5. The van der Waals surface area contributed by atoms with Crippen molar-refractivity contribution < 1.29 is 0 Å². The lowest BCUT2D eigenvalue weighted by atomic mass is 10.2. The fourth-order valence-corrected chi connectivity index (χ4v) is 0.949. The van der Waals surface area contributed by atoms with Gasteiger partial charge in [-0.1, -0.05) is 28.9 Å². The Bertz CT molecular complexity index is 395. The number of nitrogens with zero attached hydrogens (tertiary/aromatic N) is 4. The summed E-state index contributed by atoms with van der Waals surface area (Å²) in [5, 5.41) is 3.63. The molecule has 1 aromatic heterocycles. The highest BCUT2D eigenvalue weighted by atomic mass is 35.5. The van der Waals surface area contributed by atoms with Crippen molar-refractivity contribution in [2.24, 2.45) is 5.11 Å². The van der Waals surface area contributed by atoms with E-state index >= 15 is 0 Å². The van der Waals surface area contributed by atoms with Crippen molar-refractivity contribution in [1.82, 2.24) is 4.98 Å². The summed E-state index contributed by atoms with van der Waals surface area (Å²) in [6.45, 7) is 0.305. The van der Waals surface area contributed by atoms with Crippen LogP contribution in [0.1, 0.15) is 5.56 Å². The molecule has 1 heterocycles. The number of rotatable bonds is 3. The first-order valence-corrected chi connectivity index (χ1v) is 4.20. The van der Waals surface area contributed by atoms with E-state index in [9.17, 15) is 0 Å². The zero-order valence-electron chi connectivity index (χ0n) is 7.26. The van der Waals surface area contributed by atoms with Gasteiger partial charge in [0.05, 0.1) is 5.69 Å². The minimum atomic E-state index is 0.289. The fraction of sp³-hybridized carbons (Fsp3) is 0.125. The van der Waals surface area contributed by atoms with Gasteiger partial charge in [0.25, 0.3) is 0 Å². The van der Waals surface area contributed by atoms with Crippen LogP contribution in [0.25, 0.3) is 16.5 Å². The minimum Gasteiger partial charge on any atom is -0.396 e. The van der Waals surface area contributed by atoms with Gasteiger partial charge in [-0.25, -0.2) is 4.98 Å². The number of anilines is 1. The van der Waals surface area contributed by atoms with Gasteiger partial charge in [0.1, 0.15) is 0 Å². The molecule has 0 aromatic carbocycles. The van der Waals surface area contributed by atoms with Crippen LogP contribution < -0.4 is 5.73 Å². The molecule has 0 unspecified atom stereocenters. The van der Waals surface area contributed by atoms with Crippen molar-refractivity contribution in [3.8, 4) is 0 Å². The average Bonchev–Trinajstić information content (AvgIpc) is 2.18. The second-order valence-electron chi connectivity index (χ2n) is 2.46. The van der Waals surface area contributed by atoms with E-state index in [1.807, 2.05) is 0 Å². The Morgan fingerprint density at radius 1 is 1.71 bits per heavy atom. The summed E-state index contributed by atoms with van der Waals surface area (Å²) in [5.41, 5.74) is 14.8. The highest BCUT2D eigenvalue weighted by molar-refractivity contribution is 6.31. The van der Waals surface area contributed by atoms with Crippen molar-refractivity contribution in [2.45, 2.75) is 0 Å². The van der Waals surface area contributed by atoms with Gasteiger partial charge >= 0.3 is 0 Å². The SMILES string of the molecule is [N-]=[N+]=NCC=Cc1cnc(Cl)c(N)c1. The van der Waals surface area contributed by atoms with Gasteiger partial charge < -0.3 is 5.73 Å². The maximum Gasteiger partial charge on any atom is 0.151 e. The molecule has 5 nitrogen and oxygen atoms in total. The number of nitrogen functional groups attached to an aromatic ring is 1. The molecule has 0 aliphatic heterocycles. The zero-order chi connectivity index (χ0) is 10.4. The summed E-state index contributed by atoms with van der Waals surface area (Å²) >= 11 is 5.64. The fourth-order valence-electron chi connectivity index (χ4n) is 0.846. The molecule has 0 atom stereocenters. The van der Waals surface area contributed by atoms with Crippen molar-refractivity contribution in [1.29, 1.82) is 0 Å². The zero-order valence-corrected chi connectivity index (χ0v) is 8.02. The molecule has 0 bridgehead atoms. The molecule has 14 heavy (non-hydrogen) atoms. The molecule has 0 amide bonds. The Morgan fingerprint density at radius 3 is 3.14 bits per heavy atom. The minimum absolute atomic E-state index is 0.289. The van der Waals surface area contributed by atoms with Gasteiger partial charge in [-0.15, -0.1) is 0 Å². The molecule has 0 aliphatic carbocycles. The Labute approximate surface area is 85.8 Å². The third-order valence-electron chi connectivity index (χ3n) is 1.45. The van der Waals surface area contributed by atoms with Crippen LogP contribution in [0.4, 0.5) is 5.69 Å². The predicted molar refractivity (Wildman–Crippen MR) is 56.7 cm³/mol. The smallest absolute Gasteiger partial charge is 0.151 e. The van der Waals surface area contributed by atoms with Gasteiger partial charge in [-0.3, -0.25) is 0 Å². The van der Waals surface area contributed by atoms with Crippen LogP contribution >= 0.6 is 11.6 Å². The molecule has 72 valence electrons. The van der Waals surface area contributed by atoms with Crippen LogP contribution in [0.3, 0.4) is 0 Å². The van der Waals surface area contributed by atoms with Crippen LogP contribution in [0, 0.1) is 0 Å². The second kappa shape index (κ2) is 5.11. The van der Waals surface area contributed by atoms with Gasteiger partial charge in [0.15, 0.2) is 5.15 Å². The van der Waals surface area contributed by atoms with E-state index in [2.05, 4.69) is 15.0 Å². The standard InChI is InChI=1S/C8H8ClN5/c9-8-7(10)4-6(5-12-8)2-1-3-13-14-11/h1-2,4-5H,3,10H2. The molecular weight excluding hydrogens is 202 g/mol. The van der Waals surface area contributed by atoms with Crippen molar-refractivity contribution >= 4 is 23.4 Å². The first-order valence-electron chi connectivity index (χ1n) is 3.82. The number of nitrogens with two attached hydrogens (primary N) is 1. The van der Waals surface area contributed by atoms with Crippen molar-refractivity contribution in [2.75, 3.05) is 12.3 Å². The first-order chi connectivity index (χ1) is 6.74. The highest BCUT2D eigenvalue weighted by Crippen LogP contribution is 2.16. The van der Waals surface area contributed by atoms with Gasteiger partial charge in [0, 0.05) is 17.7 Å². The van der Waals surface area contributed by atoms with E-state index in [0.717, 1.165) is 5.56 Å². The summed E-state index contributed by atoms with van der Waals surface area (Å²) in [5.74, 6) is 0. The van der Waals surface area contributed by atoms with Gasteiger partial charge in [-0.05, 0) is 17.2 Å². The molecule has 1 rings (SSSR count). The summed E-state index contributed by atoms with van der Waals surface area (Å²) < 4.78 is 0. The number of halogens is 1. The van der Waals surface area contributed by atoms with E-state index in [1.54, 1.807) is 24.4 Å². The lowest BCUT2D eigenvalue weighted by molar-refractivity contribution is 1.22. The quantitative estimate of drug-likeness (QED) is 0.359. The molecule has 0 aliphatic rings. The normalized spacial score (nSPS) is 10.1. The largest absolute Gasteiger partial charge is 0.396 e. The summed E-state index contributed by atoms with van der Waals surface area (Å²) in [4.78, 5) is 6.47. The summed E-state index contributed by atoms with van der Waals surface area (Å²) in [7, 11) is 0. The topological polar surface area (TPSA) is 87.7 Å². The van der Waals surface area contributed by atoms with E-state index in [0.29, 0.717) is 12.2 Å². The lowest BCUT2D eigenvalue weighted by Gasteiger charge is -1.97. The maximum absolute atomic E-state index is 8.02. The Hall–Kier alpha value is -1.71. The number of hydrogen-bond acceptors (Lipinski definition) is 3. The molecule has 6 heteroatoms. The first kappa shape index (κ1) is 10.4. The van der Waals surface area contributed by atoms with E-state index in [4.69, 9.17) is 22.9 Å². The Balaban J connectivity index is 2.72. The van der Waals surface area contributed by atoms with Crippen LogP contribution in [-0.2, 0) is 0 Å². The summed E-state index contributed by atoms with van der Waals surface area (Å²) in [6.07, 6.45) is 5.06. The highest BCUT2D eigenvalue weighted by Gasteiger charge is 1.95. The van der Waals surface area contributed by atoms with Crippen LogP contribution in [-0.4, -0.2) is 11.5 Å².